The quantitative estimate of drug-likeness (QED) is 0.592. The average Bonchev–Trinajstić information content (AvgIpc) is 2.59. The number of hydrogen-bond donors (Lipinski definition) is 2. The van der Waals surface area contributed by atoms with E-state index >= 15 is 0 Å². The highest BCUT2D eigenvalue weighted by Crippen LogP contribution is 2.38. The highest BCUT2D eigenvalue weighted by atomic mass is 32.1. The van der Waals surface area contributed by atoms with Gasteiger partial charge in [0.2, 0.25) is 0 Å². The van der Waals surface area contributed by atoms with E-state index < -0.39 is 5.60 Å². The molecule has 18 heavy (non-hydrogen) atoms. The maximum atomic E-state index is 11.8. The van der Waals surface area contributed by atoms with Gasteiger partial charge in [-0.25, -0.2) is 0 Å². The molecular formula is C13H22N2O2S. The Morgan fingerprint density at radius 3 is 2.94 bits per heavy atom. The number of hydrogen-bond acceptors (Lipinski definition) is 3. The van der Waals surface area contributed by atoms with Gasteiger partial charge in [0.15, 0.2) is 5.11 Å². The normalized spacial score (nSPS) is 28.1. The van der Waals surface area contributed by atoms with E-state index in [0.717, 1.165) is 31.3 Å². The van der Waals surface area contributed by atoms with Crippen molar-refractivity contribution in [1.82, 2.24) is 5.32 Å². The van der Waals surface area contributed by atoms with Crippen LogP contribution in [0.15, 0.2) is 11.8 Å². The van der Waals surface area contributed by atoms with Crippen molar-refractivity contribution in [2.75, 3.05) is 0 Å². The SMILES string of the molecule is CCCC[C@H]1C[C@](C)(/C(C)=C\NC(N)=S)OC1=O. The maximum Gasteiger partial charge on any atom is 0.309 e. The highest BCUT2D eigenvalue weighted by molar-refractivity contribution is 7.80. The summed E-state index contributed by atoms with van der Waals surface area (Å²) in [5, 5.41) is 2.99. The molecule has 0 aromatic heterocycles. The van der Waals surface area contributed by atoms with Crippen LogP contribution in [0.4, 0.5) is 0 Å². The second kappa shape index (κ2) is 6.18. The van der Waals surface area contributed by atoms with Crippen molar-refractivity contribution >= 4 is 23.3 Å². The molecule has 1 saturated heterocycles. The second-order valence-corrected chi connectivity index (χ2v) is 5.47. The predicted octanol–water partition coefficient (Wildman–Crippen LogP) is 2.24. The summed E-state index contributed by atoms with van der Waals surface area (Å²) in [5.74, 6) is -0.0721. The fourth-order valence-electron chi connectivity index (χ4n) is 2.14. The minimum absolute atomic E-state index is 0.0168. The summed E-state index contributed by atoms with van der Waals surface area (Å²) < 4.78 is 5.52. The van der Waals surface area contributed by atoms with Gasteiger partial charge in [0, 0.05) is 12.6 Å². The molecule has 102 valence electrons. The molecule has 0 unspecified atom stereocenters. The Bertz CT molecular complexity index is 368. The topological polar surface area (TPSA) is 64.3 Å². The van der Waals surface area contributed by atoms with E-state index in [-0.39, 0.29) is 17.0 Å². The van der Waals surface area contributed by atoms with Gasteiger partial charge in [0.1, 0.15) is 5.60 Å². The molecule has 0 saturated carbocycles. The maximum absolute atomic E-state index is 11.8. The lowest BCUT2D eigenvalue weighted by atomic mass is 9.87. The van der Waals surface area contributed by atoms with Crippen LogP contribution in [0.3, 0.4) is 0 Å². The largest absolute Gasteiger partial charge is 0.455 e. The molecule has 1 aliphatic heterocycles. The molecule has 4 nitrogen and oxygen atoms in total. The number of carbonyl (C=O) groups is 1. The smallest absolute Gasteiger partial charge is 0.309 e. The van der Waals surface area contributed by atoms with Crippen LogP contribution in [0, 0.1) is 5.92 Å². The lowest BCUT2D eigenvalue weighted by Gasteiger charge is -2.23. The molecule has 0 spiro atoms. The zero-order valence-electron chi connectivity index (χ0n) is 11.3. The minimum atomic E-state index is -0.534. The number of nitrogens with two attached hydrogens (primary N) is 1. The number of ether oxygens (including phenoxy) is 1. The van der Waals surface area contributed by atoms with Gasteiger partial charge in [-0.3, -0.25) is 4.79 Å². The van der Waals surface area contributed by atoms with Gasteiger partial charge in [0.05, 0.1) is 5.92 Å². The number of thiocarbonyl (C=S) groups is 1. The Morgan fingerprint density at radius 1 is 1.72 bits per heavy atom. The average molecular weight is 270 g/mol. The van der Waals surface area contributed by atoms with Gasteiger partial charge in [-0.05, 0) is 38.1 Å². The zero-order valence-corrected chi connectivity index (χ0v) is 12.1. The summed E-state index contributed by atoms with van der Waals surface area (Å²) >= 11 is 4.74. The van der Waals surface area contributed by atoms with Gasteiger partial charge in [-0.1, -0.05) is 19.8 Å². The van der Waals surface area contributed by atoms with Gasteiger partial charge in [-0.15, -0.1) is 0 Å². The molecule has 1 aliphatic rings. The van der Waals surface area contributed by atoms with Crippen molar-refractivity contribution in [3.63, 3.8) is 0 Å². The third-order valence-electron chi connectivity index (χ3n) is 3.47. The molecule has 5 heteroatoms. The minimum Gasteiger partial charge on any atom is -0.455 e. The molecule has 0 aromatic carbocycles. The van der Waals surface area contributed by atoms with E-state index in [1.54, 1.807) is 6.20 Å². The number of esters is 1. The standard InChI is InChI=1S/C13H22N2O2S/c1-4-5-6-10-7-13(3,17-11(10)16)9(2)8-15-12(14)18/h8,10H,4-7H2,1-3H3,(H3,14,15,18)/b9-8-/t10-,13+/m0/s1. The van der Waals surface area contributed by atoms with Crippen LogP contribution in [-0.4, -0.2) is 16.7 Å². The number of carbonyl (C=O) groups excluding carboxylic acids is 1. The van der Waals surface area contributed by atoms with E-state index in [4.69, 9.17) is 22.7 Å². The Kier molecular flexibility index (Phi) is 5.14. The van der Waals surface area contributed by atoms with E-state index in [1.807, 2.05) is 13.8 Å². The fraction of sp³-hybridized carbons (Fsp3) is 0.692. The van der Waals surface area contributed by atoms with E-state index in [2.05, 4.69) is 12.2 Å². The first-order valence-electron chi connectivity index (χ1n) is 6.35. The summed E-state index contributed by atoms with van der Waals surface area (Å²) in [6.07, 6.45) is 5.51. The molecule has 1 rings (SSSR count). The third kappa shape index (κ3) is 3.70. The Hall–Kier alpha value is -1.10. The summed E-state index contributed by atoms with van der Waals surface area (Å²) in [5.41, 5.74) is 5.77. The van der Waals surface area contributed by atoms with Crippen LogP contribution >= 0.6 is 12.2 Å². The van der Waals surface area contributed by atoms with Crippen molar-refractivity contribution in [3.8, 4) is 0 Å². The fourth-order valence-corrected chi connectivity index (χ4v) is 2.20. The predicted molar refractivity (Wildman–Crippen MR) is 75.8 cm³/mol. The molecule has 0 bridgehead atoms. The van der Waals surface area contributed by atoms with Crippen molar-refractivity contribution in [3.05, 3.63) is 11.8 Å². The summed E-state index contributed by atoms with van der Waals surface area (Å²) in [4.78, 5) is 11.8. The van der Waals surface area contributed by atoms with Gasteiger partial charge < -0.3 is 15.8 Å². The van der Waals surface area contributed by atoms with E-state index in [0.29, 0.717) is 0 Å². The van der Waals surface area contributed by atoms with Crippen molar-refractivity contribution in [1.29, 1.82) is 0 Å². The molecule has 0 aliphatic carbocycles. The molecule has 0 radical (unpaired) electrons. The second-order valence-electron chi connectivity index (χ2n) is 5.03. The van der Waals surface area contributed by atoms with Crippen LogP contribution in [0.5, 0.6) is 0 Å². The molecule has 2 atom stereocenters. The highest BCUT2D eigenvalue weighted by Gasteiger charge is 2.43. The molecule has 1 heterocycles. The number of unbranched alkanes of at least 4 members (excludes halogenated alkanes) is 1. The van der Waals surface area contributed by atoms with Crippen LogP contribution in [0.2, 0.25) is 0 Å². The first-order chi connectivity index (χ1) is 8.39. The van der Waals surface area contributed by atoms with Crippen molar-refractivity contribution in [2.45, 2.75) is 52.1 Å². The first kappa shape index (κ1) is 15.0. The van der Waals surface area contributed by atoms with Crippen LogP contribution in [-0.2, 0) is 9.53 Å². The number of cyclic esters (lactones) is 1. The van der Waals surface area contributed by atoms with E-state index in [9.17, 15) is 4.79 Å². The van der Waals surface area contributed by atoms with Gasteiger partial charge in [-0.2, -0.15) is 0 Å². The van der Waals surface area contributed by atoms with Gasteiger partial charge in [0.25, 0.3) is 0 Å². The number of rotatable bonds is 5. The first-order valence-corrected chi connectivity index (χ1v) is 6.76. The third-order valence-corrected chi connectivity index (χ3v) is 3.58. The lowest BCUT2D eigenvalue weighted by molar-refractivity contribution is -0.147. The zero-order chi connectivity index (χ0) is 13.8. The monoisotopic (exact) mass is 270 g/mol. The molecule has 3 N–H and O–H groups in total. The molecule has 1 fully saturated rings. The molecule has 0 amide bonds. The summed E-state index contributed by atoms with van der Waals surface area (Å²) in [6.45, 7) is 5.97. The summed E-state index contributed by atoms with van der Waals surface area (Å²) in [7, 11) is 0. The van der Waals surface area contributed by atoms with Crippen LogP contribution in [0.25, 0.3) is 0 Å². The van der Waals surface area contributed by atoms with Crippen molar-refractivity contribution in [2.24, 2.45) is 11.7 Å². The summed E-state index contributed by atoms with van der Waals surface area (Å²) in [6, 6.07) is 0. The lowest BCUT2D eigenvalue weighted by Crippen LogP contribution is -2.30. The Labute approximate surface area is 114 Å². The Morgan fingerprint density at radius 2 is 2.39 bits per heavy atom. The Balaban J connectivity index is 2.68. The van der Waals surface area contributed by atoms with E-state index in [1.165, 1.54) is 0 Å². The molecule has 0 aromatic rings. The van der Waals surface area contributed by atoms with Crippen molar-refractivity contribution < 1.29 is 9.53 Å². The number of nitrogens with one attached hydrogen (secondary N) is 1. The van der Waals surface area contributed by atoms with Crippen LogP contribution < -0.4 is 11.1 Å². The molecular weight excluding hydrogens is 248 g/mol. The van der Waals surface area contributed by atoms with Crippen LogP contribution in [0.1, 0.15) is 46.5 Å². The van der Waals surface area contributed by atoms with Gasteiger partial charge >= 0.3 is 5.97 Å².